The molecule has 0 radical (unpaired) electrons. The van der Waals surface area contributed by atoms with Crippen LogP contribution in [0.2, 0.25) is 5.02 Å². The van der Waals surface area contributed by atoms with Gasteiger partial charge in [-0.15, -0.1) is 0 Å². The van der Waals surface area contributed by atoms with Crippen molar-refractivity contribution in [3.05, 3.63) is 99.1 Å². The van der Waals surface area contributed by atoms with Gasteiger partial charge in [-0.25, -0.2) is 4.98 Å². The Kier molecular flexibility index (Phi) is 7.42. The van der Waals surface area contributed by atoms with E-state index in [1.165, 1.54) is 0 Å². The van der Waals surface area contributed by atoms with Crippen LogP contribution in [0.4, 0.5) is 0 Å². The maximum Gasteiger partial charge on any atom is 0.303 e. The van der Waals surface area contributed by atoms with Gasteiger partial charge in [0.25, 0.3) is 5.56 Å². The van der Waals surface area contributed by atoms with Crippen molar-refractivity contribution in [2.75, 3.05) is 7.11 Å². The number of nitrogens with zero attached hydrogens (tertiary/aromatic N) is 3. The van der Waals surface area contributed by atoms with Gasteiger partial charge >= 0.3 is 5.97 Å². The van der Waals surface area contributed by atoms with Crippen LogP contribution in [0.5, 0.6) is 5.75 Å². The van der Waals surface area contributed by atoms with Gasteiger partial charge in [0.2, 0.25) is 0 Å². The number of methoxy groups -OCH3 is 1. The van der Waals surface area contributed by atoms with Crippen molar-refractivity contribution in [1.29, 1.82) is 0 Å². The molecule has 0 bridgehead atoms. The Morgan fingerprint density at radius 3 is 2.71 bits per heavy atom. The van der Waals surface area contributed by atoms with Crippen LogP contribution in [0.3, 0.4) is 0 Å². The van der Waals surface area contributed by atoms with Crippen LogP contribution in [0, 0.1) is 0 Å². The number of carboxylic acid groups (broad SMARTS) is 1. The number of carbonyl (C=O) groups is 1. The normalized spacial score (nSPS) is 14.8. The number of benzene rings is 3. The Morgan fingerprint density at radius 2 is 1.95 bits per heavy atom. The summed E-state index contributed by atoms with van der Waals surface area (Å²) in [5.41, 5.74) is 3.58. The third-order valence-corrected chi connectivity index (χ3v) is 6.78. The van der Waals surface area contributed by atoms with Gasteiger partial charge in [0.05, 0.1) is 29.4 Å². The lowest BCUT2D eigenvalue weighted by atomic mass is 9.99. The highest BCUT2D eigenvalue weighted by molar-refractivity contribution is 6.30. The highest BCUT2D eigenvalue weighted by atomic mass is 35.5. The van der Waals surface area contributed by atoms with Crippen LogP contribution in [-0.2, 0) is 16.1 Å². The van der Waals surface area contributed by atoms with Crippen LogP contribution in [0.25, 0.3) is 16.6 Å². The number of unbranched alkanes of at least 4 members (excludes halogenated alkanes) is 1. The van der Waals surface area contributed by atoms with Crippen molar-refractivity contribution in [1.82, 2.24) is 9.55 Å². The number of rotatable bonds is 9. The number of aliphatic carboxylic acids is 1. The van der Waals surface area contributed by atoms with Crippen LogP contribution in [0.1, 0.15) is 48.7 Å². The highest BCUT2D eigenvalue weighted by Crippen LogP contribution is 2.32. The minimum Gasteiger partial charge on any atom is -0.497 e. The van der Waals surface area contributed by atoms with Gasteiger partial charge in [0.15, 0.2) is 6.10 Å². The molecule has 0 saturated carbocycles. The number of aryl methyl sites for hydroxylation is 1. The molecule has 0 aliphatic carbocycles. The quantitative estimate of drug-likeness (QED) is 0.277. The van der Waals surface area contributed by atoms with Gasteiger partial charge in [-0.2, -0.15) is 0 Å². The Balaban J connectivity index is 1.48. The fourth-order valence-corrected chi connectivity index (χ4v) is 4.69. The molecule has 1 unspecified atom stereocenters. The number of carboxylic acids is 1. The molecule has 1 N–H and O–H groups in total. The molecule has 5 rings (SSSR count). The first kappa shape index (κ1) is 25.5. The number of ether oxygens (including phenoxy) is 1. The van der Waals surface area contributed by atoms with Crippen molar-refractivity contribution < 1.29 is 19.5 Å². The van der Waals surface area contributed by atoms with Crippen molar-refractivity contribution in [3.8, 4) is 11.4 Å². The summed E-state index contributed by atoms with van der Waals surface area (Å²) in [6.45, 7) is 0. The maximum atomic E-state index is 13.6. The third kappa shape index (κ3) is 5.40. The van der Waals surface area contributed by atoms with Crippen LogP contribution >= 0.6 is 11.6 Å². The van der Waals surface area contributed by atoms with Gasteiger partial charge in [0, 0.05) is 29.8 Å². The molecule has 0 fully saturated rings. The smallest absolute Gasteiger partial charge is 0.303 e. The fraction of sp³-hybridized carbons (Fsp3) is 0.241. The van der Waals surface area contributed by atoms with E-state index in [0.29, 0.717) is 53.1 Å². The van der Waals surface area contributed by atoms with Gasteiger partial charge in [-0.3, -0.25) is 14.2 Å². The molecule has 0 saturated heterocycles. The third-order valence-electron chi connectivity index (χ3n) is 6.53. The van der Waals surface area contributed by atoms with Crippen LogP contribution in [-0.4, -0.2) is 33.4 Å². The lowest BCUT2D eigenvalue weighted by Gasteiger charge is -2.14. The van der Waals surface area contributed by atoms with E-state index in [2.05, 4.69) is 5.16 Å². The van der Waals surface area contributed by atoms with Gasteiger partial charge in [0.1, 0.15) is 11.6 Å². The molecule has 1 atom stereocenters. The molecule has 0 spiro atoms. The first-order chi connectivity index (χ1) is 18.4. The molecule has 3 aromatic carbocycles. The van der Waals surface area contributed by atoms with Crippen molar-refractivity contribution >= 4 is 34.2 Å². The Morgan fingerprint density at radius 1 is 1.13 bits per heavy atom. The second-order valence-corrected chi connectivity index (χ2v) is 9.53. The van der Waals surface area contributed by atoms with Crippen LogP contribution in [0.15, 0.2) is 76.7 Å². The molecule has 0 amide bonds. The SMILES string of the molecule is COc1cccc(C2CC(c3ccc4c(=O)n(-c5ccc(Cl)cc5)c(CCCCC(=O)O)nc4c3)=NO2)c1. The van der Waals surface area contributed by atoms with E-state index in [1.807, 2.05) is 36.4 Å². The second-order valence-electron chi connectivity index (χ2n) is 9.09. The zero-order chi connectivity index (χ0) is 26.6. The van der Waals surface area contributed by atoms with Gasteiger partial charge in [-0.1, -0.05) is 35.0 Å². The average Bonchev–Trinajstić information content (AvgIpc) is 3.42. The summed E-state index contributed by atoms with van der Waals surface area (Å²) in [6, 6.07) is 20.2. The number of hydrogen-bond acceptors (Lipinski definition) is 6. The van der Waals surface area contributed by atoms with Crippen molar-refractivity contribution in [2.24, 2.45) is 5.16 Å². The largest absolute Gasteiger partial charge is 0.497 e. The predicted molar refractivity (Wildman–Crippen MR) is 146 cm³/mol. The van der Waals surface area contributed by atoms with E-state index < -0.39 is 5.97 Å². The lowest BCUT2D eigenvalue weighted by molar-refractivity contribution is -0.137. The van der Waals surface area contributed by atoms with E-state index in [4.69, 9.17) is 31.3 Å². The Labute approximate surface area is 224 Å². The Hall–Kier alpha value is -4.17. The van der Waals surface area contributed by atoms with Crippen LogP contribution < -0.4 is 10.3 Å². The highest BCUT2D eigenvalue weighted by Gasteiger charge is 2.25. The topological polar surface area (TPSA) is 103 Å². The number of oxime groups is 1. The van der Waals surface area contributed by atoms with E-state index in [1.54, 1.807) is 42.0 Å². The number of fused-ring (bicyclic) bond motifs is 1. The zero-order valence-corrected chi connectivity index (χ0v) is 21.5. The molecule has 1 aliphatic heterocycles. The zero-order valence-electron chi connectivity index (χ0n) is 20.8. The summed E-state index contributed by atoms with van der Waals surface area (Å²) < 4.78 is 6.90. The molecular formula is C29H26ClN3O5. The Bertz CT molecular complexity index is 1580. The molecule has 1 aromatic heterocycles. The first-order valence-electron chi connectivity index (χ1n) is 12.3. The predicted octanol–water partition coefficient (Wildman–Crippen LogP) is 5.71. The summed E-state index contributed by atoms with van der Waals surface area (Å²) in [7, 11) is 1.62. The van der Waals surface area contributed by atoms with E-state index >= 15 is 0 Å². The summed E-state index contributed by atoms with van der Waals surface area (Å²) >= 11 is 6.06. The van der Waals surface area contributed by atoms with Gasteiger partial charge < -0.3 is 14.7 Å². The minimum atomic E-state index is -0.844. The van der Waals surface area contributed by atoms with Crippen molar-refractivity contribution in [2.45, 2.75) is 38.2 Å². The minimum absolute atomic E-state index is 0.0667. The summed E-state index contributed by atoms with van der Waals surface area (Å²) in [5, 5.41) is 14.4. The molecule has 8 nitrogen and oxygen atoms in total. The summed E-state index contributed by atoms with van der Waals surface area (Å²) in [4.78, 5) is 35.2. The fourth-order valence-electron chi connectivity index (χ4n) is 4.56. The monoisotopic (exact) mass is 531 g/mol. The molecule has 2 heterocycles. The lowest BCUT2D eigenvalue weighted by Crippen LogP contribution is -2.24. The van der Waals surface area contributed by atoms with E-state index in [9.17, 15) is 9.59 Å². The van der Waals surface area contributed by atoms with Gasteiger partial charge in [-0.05, 0) is 66.9 Å². The maximum absolute atomic E-state index is 13.6. The standard InChI is InChI=1S/C29H26ClN3O5/c1-37-22-6-4-5-19(15-22)26-17-24(32-38-26)18-9-14-23-25(16-18)31-27(7-2-3-8-28(34)35)33(29(23)36)21-12-10-20(30)11-13-21/h4-6,9-16,26H,2-3,7-8,17H2,1H3,(H,34,35). The molecule has 4 aromatic rings. The second kappa shape index (κ2) is 11.1. The average molecular weight is 532 g/mol. The number of aromatic nitrogens is 2. The van der Waals surface area contributed by atoms with Crippen molar-refractivity contribution in [3.63, 3.8) is 0 Å². The number of halogens is 1. The number of hydrogen-bond donors (Lipinski definition) is 1. The molecule has 9 heteroatoms. The summed E-state index contributed by atoms with van der Waals surface area (Å²) in [6.07, 6.45) is 1.93. The van der Waals surface area contributed by atoms with E-state index in [0.717, 1.165) is 22.6 Å². The summed E-state index contributed by atoms with van der Waals surface area (Å²) in [5.74, 6) is 0.469. The molecular weight excluding hydrogens is 506 g/mol. The molecule has 1 aliphatic rings. The van der Waals surface area contributed by atoms with E-state index in [-0.39, 0.29) is 18.1 Å². The first-order valence-corrected chi connectivity index (χ1v) is 12.7. The molecule has 38 heavy (non-hydrogen) atoms. The molecule has 194 valence electrons.